The third kappa shape index (κ3) is 5.04. The largest absolute Gasteiger partial charge is 0.455 e. The lowest BCUT2D eigenvalue weighted by Gasteiger charge is -2.27. The van der Waals surface area contributed by atoms with Crippen molar-refractivity contribution >= 4 is 60.5 Å². The van der Waals surface area contributed by atoms with Crippen LogP contribution in [-0.2, 0) is 0 Å². The van der Waals surface area contributed by atoms with Crippen molar-refractivity contribution in [3.63, 3.8) is 0 Å². The fraction of sp³-hybridized carbons (Fsp3) is 0. The molecule has 52 heavy (non-hydrogen) atoms. The smallest absolute Gasteiger partial charge is 0.143 e. The van der Waals surface area contributed by atoms with Gasteiger partial charge in [-0.3, -0.25) is 0 Å². The van der Waals surface area contributed by atoms with Gasteiger partial charge in [0.15, 0.2) is 0 Å². The first-order valence-corrected chi connectivity index (χ1v) is 17.8. The Bertz CT molecular complexity index is 2890. The molecule has 0 aliphatic rings. The summed E-state index contributed by atoms with van der Waals surface area (Å²) in [5.41, 5.74) is 12.2. The van der Waals surface area contributed by atoms with Crippen LogP contribution in [0.25, 0.3) is 76.9 Å². The summed E-state index contributed by atoms with van der Waals surface area (Å²) in [6.07, 6.45) is 0. The third-order valence-corrected chi connectivity index (χ3v) is 10.2. The van der Waals surface area contributed by atoms with Crippen molar-refractivity contribution in [1.82, 2.24) is 0 Å². The number of fused-ring (bicyclic) bond motifs is 6. The van der Waals surface area contributed by atoms with Gasteiger partial charge in [-0.15, -0.1) is 0 Å². The zero-order valence-electron chi connectivity index (χ0n) is 28.4. The summed E-state index contributed by atoms with van der Waals surface area (Å²) in [5, 5.41) is 6.86. The lowest BCUT2D eigenvalue weighted by atomic mass is 9.90. The molecule has 0 aliphatic heterocycles. The van der Waals surface area contributed by atoms with Crippen molar-refractivity contribution in [3.8, 4) is 33.4 Å². The van der Waals surface area contributed by atoms with Crippen molar-refractivity contribution in [2.45, 2.75) is 0 Å². The van der Waals surface area contributed by atoms with Gasteiger partial charge in [-0.25, -0.2) is 0 Å². The van der Waals surface area contributed by atoms with E-state index in [4.69, 9.17) is 4.42 Å². The second-order valence-corrected chi connectivity index (χ2v) is 13.3. The van der Waals surface area contributed by atoms with Crippen LogP contribution < -0.4 is 4.90 Å². The molecule has 1 heterocycles. The molecule has 2 nitrogen and oxygen atoms in total. The maximum absolute atomic E-state index is 6.85. The van der Waals surface area contributed by atoms with Crippen LogP contribution in [0.4, 0.5) is 17.1 Å². The molecule has 0 unspecified atom stereocenters. The summed E-state index contributed by atoms with van der Waals surface area (Å²) >= 11 is 0. The van der Waals surface area contributed by atoms with Gasteiger partial charge in [-0.1, -0.05) is 158 Å². The highest BCUT2D eigenvalue weighted by atomic mass is 16.3. The van der Waals surface area contributed by atoms with E-state index < -0.39 is 0 Å². The number of anilines is 3. The molecule has 0 aliphatic carbocycles. The Morgan fingerprint density at radius 1 is 0.346 bits per heavy atom. The SMILES string of the molecule is c1ccc(-c2ccc(N(c3ccc4ccccc4c3)c3cccc4oc5c6ccccc6c(-c6ccccc6-c6ccccc6)cc5c34)cc2)cc1. The van der Waals surface area contributed by atoms with Crippen molar-refractivity contribution in [1.29, 1.82) is 0 Å². The van der Waals surface area contributed by atoms with Crippen LogP contribution in [0.2, 0.25) is 0 Å². The molecule has 2 heteroatoms. The Labute approximate surface area is 302 Å². The number of hydrogen-bond donors (Lipinski definition) is 0. The molecular weight excluding hydrogens is 631 g/mol. The van der Waals surface area contributed by atoms with E-state index in [1.54, 1.807) is 0 Å². The van der Waals surface area contributed by atoms with Crippen LogP contribution in [-0.4, -0.2) is 0 Å². The average molecular weight is 664 g/mol. The molecular formula is C50H33NO. The zero-order valence-corrected chi connectivity index (χ0v) is 28.4. The lowest BCUT2D eigenvalue weighted by Crippen LogP contribution is -2.10. The van der Waals surface area contributed by atoms with Gasteiger partial charge in [-0.2, -0.15) is 0 Å². The fourth-order valence-corrected chi connectivity index (χ4v) is 7.80. The van der Waals surface area contributed by atoms with E-state index in [2.05, 4.69) is 205 Å². The summed E-state index contributed by atoms with van der Waals surface area (Å²) in [6, 6.07) is 71.6. The summed E-state index contributed by atoms with van der Waals surface area (Å²) in [4.78, 5) is 2.38. The van der Waals surface area contributed by atoms with E-state index in [9.17, 15) is 0 Å². The van der Waals surface area contributed by atoms with Crippen LogP contribution in [0.3, 0.4) is 0 Å². The van der Waals surface area contributed by atoms with Crippen LogP contribution >= 0.6 is 0 Å². The van der Waals surface area contributed by atoms with Gasteiger partial charge < -0.3 is 9.32 Å². The minimum Gasteiger partial charge on any atom is -0.455 e. The molecule has 0 amide bonds. The Morgan fingerprint density at radius 2 is 0.962 bits per heavy atom. The molecule has 0 spiro atoms. The van der Waals surface area contributed by atoms with E-state index in [-0.39, 0.29) is 0 Å². The predicted octanol–water partition coefficient (Wildman–Crippen LogP) is 14.4. The van der Waals surface area contributed by atoms with Crippen molar-refractivity contribution in [2.24, 2.45) is 0 Å². The average Bonchev–Trinajstić information content (AvgIpc) is 3.61. The Morgan fingerprint density at radius 3 is 1.75 bits per heavy atom. The van der Waals surface area contributed by atoms with E-state index in [1.807, 2.05) is 0 Å². The number of benzene rings is 9. The molecule has 10 rings (SSSR count). The van der Waals surface area contributed by atoms with Gasteiger partial charge in [0.05, 0.1) is 11.1 Å². The molecule has 10 aromatic rings. The van der Waals surface area contributed by atoms with Gasteiger partial charge in [0.25, 0.3) is 0 Å². The Kier molecular flexibility index (Phi) is 7.18. The van der Waals surface area contributed by atoms with Crippen molar-refractivity contribution < 1.29 is 4.42 Å². The molecule has 9 aromatic carbocycles. The summed E-state index contributed by atoms with van der Waals surface area (Å²) < 4.78 is 6.85. The first-order chi connectivity index (χ1) is 25.8. The molecule has 0 saturated heterocycles. The highest BCUT2D eigenvalue weighted by Gasteiger charge is 2.22. The second kappa shape index (κ2) is 12.5. The fourth-order valence-electron chi connectivity index (χ4n) is 7.80. The topological polar surface area (TPSA) is 16.4 Å². The first-order valence-electron chi connectivity index (χ1n) is 17.8. The van der Waals surface area contributed by atoms with Crippen LogP contribution in [0.15, 0.2) is 205 Å². The van der Waals surface area contributed by atoms with Gasteiger partial charge >= 0.3 is 0 Å². The molecule has 0 N–H and O–H groups in total. The van der Waals surface area contributed by atoms with Gasteiger partial charge in [-0.05, 0) is 92.0 Å². The second-order valence-electron chi connectivity index (χ2n) is 13.3. The number of rotatable bonds is 6. The number of furan rings is 1. The normalized spacial score (nSPS) is 11.5. The van der Waals surface area contributed by atoms with E-state index >= 15 is 0 Å². The minimum absolute atomic E-state index is 0.859. The molecule has 0 saturated carbocycles. The lowest BCUT2D eigenvalue weighted by molar-refractivity contribution is 0.672. The van der Waals surface area contributed by atoms with Crippen molar-refractivity contribution in [3.05, 3.63) is 200 Å². The van der Waals surface area contributed by atoms with Gasteiger partial charge in [0.1, 0.15) is 11.2 Å². The monoisotopic (exact) mass is 663 g/mol. The Hall–Kier alpha value is -6.90. The number of nitrogens with zero attached hydrogens (tertiary/aromatic N) is 1. The van der Waals surface area contributed by atoms with E-state index in [1.165, 1.54) is 49.5 Å². The van der Waals surface area contributed by atoms with Crippen LogP contribution in [0.5, 0.6) is 0 Å². The maximum Gasteiger partial charge on any atom is 0.143 e. The highest BCUT2D eigenvalue weighted by Crippen LogP contribution is 2.47. The summed E-state index contributed by atoms with van der Waals surface area (Å²) in [7, 11) is 0. The van der Waals surface area contributed by atoms with E-state index in [0.29, 0.717) is 0 Å². The van der Waals surface area contributed by atoms with Gasteiger partial charge in [0.2, 0.25) is 0 Å². The predicted molar refractivity (Wildman–Crippen MR) is 220 cm³/mol. The highest BCUT2D eigenvalue weighted by molar-refractivity contribution is 6.23. The molecule has 0 bridgehead atoms. The summed E-state index contributed by atoms with van der Waals surface area (Å²) in [6.45, 7) is 0. The first kappa shape index (κ1) is 30.0. The standard InChI is InChI=1S/C50H33NO/c1-3-14-34(15-4-1)36-26-29-39(30-27-36)51(40-31-28-35-16-7-8-19-38(35)32-40)47-24-13-25-48-49(47)46-33-45(43-22-11-12-23-44(43)50(46)52-48)42-21-10-9-20-41(42)37-17-5-2-6-18-37/h1-33H. The van der Waals surface area contributed by atoms with Crippen LogP contribution in [0, 0.1) is 0 Å². The van der Waals surface area contributed by atoms with Crippen molar-refractivity contribution in [2.75, 3.05) is 4.90 Å². The molecule has 0 fully saturated rings. The van der Waals surface area contributed by atoms with Gasteiger partial charge in [0, 0.05) is 22.1 Å². The number of hydrogen-bond acceptors (Lipinski definition) is 2. The molecule has 244 valence electrons. The van der Waals surface area contributed by atoms with E-state index in [0.717, 1.165) is 44.4 Å². The summed E-state index contributed by atoms with van der Waals surface area (Å²) in [5.74, 6) is 0. The third-order valence-electron chi connectivity index (χ3n) is 10.2. The quantitative estimate of drug-likeness (QED) is 0.176. The zero-order chi connectivity index (χ0) is 34.4. The molecule has 1 aromatic heterocycles. The maximum atomic E-state index is 6.85. The molecule has 0 radical (unpaired) electrons. The Balaban J connectivity index is 1.25. The molecule has 0 atom stereocenters. The minimum atomic E-state index is 0.859. The van der Waals surface area contributed by atoms with Crippen LogP contribution in [0.1, 0.15) is 0 Å².